The van der Waals surface area contributed by atoms with Gasteiger partial charge < -0.3 is 10.2 Å². The minimum atomic E-state index is -0.0352. The zero-order chi connectivity index (χ0) is 12.8. The van der Waals surface area contributed by atoms with Gasteiger partial charge in [-0.25, -0.2) is 0 Å². The molecule has 4 heteroatoms. The van der Waals surface area contributed by atoms with Gasteiger partial charge in [0.25, 0.3) is 0 Å². The Hall–Kier alpha value is -1.31. The summed E-state index contributed by atoms with van der Waals surface area (Å²) in [4.78, 5) is 2.19. The first-order valence-corrected chi connectivity index (χ1v) is 6.02. The third kappa shape index (κ3) is 3.58. The topological polar surface area (TPSA) is 66.2 Å². The van der Waals surface area contributed by atoms with Gasteiger partial charge in [0.1, 0.15) is 5.76 Å². The van der Waals surface area contributed by atoms with Gasteiger partial charge in [-0.05, 0) is 32.5 Å². The molecule has 2 N–H and O–H groups in total. The van der Waals surface area contributed by atoms with Crippen molar-refractivity contribution in [2.24, 2.45) is 11.7 Å². The monoisotopic (exact) mass is 235 g/mol. The van der Waals surface area contributed by atoms with Crippen LogP contribution in [0, 0.1) is 17.2 Å². The van der Waals surface area contributed by atoms with E-state index in [9.17, 15) is 0 Å². The molecule has 17 heavy (non-hydrogen) atoms. The lowest BCUT2D eigenvalue weighted by Crippen LogP contribution is -2.41. The molecule has 94 valence electrons. The van der Waals surface area contributed by atoms with Gasteiger partial charge in [-0.2, -0.15) is 5.26 Å². The van der Waals surface area contributed by atoms with Crippen molar-refractivity contribution in [2.75, 3.05) is 13.1 Å². The molecule has 0 radical (unpaired) electrons. The van der Waals surface area contributed by atoms with Crippen molar-refractivity contribution in [3.05, 3.63) is 24.2 Å². The third-order valence-corrected chi connectivity index (χ3v) is 2.86. The van der Waals surface area contributed by atoms with Gasteiger partial charge in [-0.1, -0.05) is 6.92 Å². The van der Waals surface area contributed by atoms with Crippen LogP contribution < -0.4 is 5.73 Å². The fourth-order valence-electron chi connectivity index (χ4n) is 2.06. The first kappa shape index (κ1) is 13.8. The predicted octanol–water partition coefficient (Wildman–Crippen LogP) is 2.15. The molecule has 0 fully saturated rings. The number of rotatable bonds is 6. The molecule has 0 aliphatic heterocycles. The molecule has 4 nitrogen and oxygen atoms in total. The summed E-state index contributed by atoms with van der Waals surface area (Å²) in [6, 6.07) is 6.06. The van der Waals surface area contributed by atoms with E-state index >= 15 is 0 Å². The van der Waals surface area contributed by atoms with Gasteiger partial charge in [-0.15, -0.1) is 0 Å². The van der Waals surface area contributed by atoms with E-state index in [1.807, 2.05) is 26.0 Å². The molecule has 0 bridgehead atoms. The van der Waals surface area contributed by atoms with Crippen molar-refractivity contribution in [3.63, 3.8) is 0 Å². The maximum atomic E-state index is 8.90. The Labute approximate surface area is 103 Å². The molecule has 0 amide bonds. The Morgan fingerprint density at radius 2 is 2.24 bits per heavy atom. The van der Waals surface area contributed by atoms with Gasteiger partial charge in [0, 0.05) is 12.6 Å². The zero-order valence-electron chi connectivity index (χ0n) is 10.8. The highest BCUT2D eigenvalue weighted by Crippen LogP contribution is 2.24. The van der Waals surface area contributed by atoms with E-state index in [4.69, 9.17) is 15.4 Å². The molecule has 0 saturated heterocycles. The average Bonchev–Trinajstić information content (AvgIpc) is 2.80. The second-order valence-corrected chi connectivity index (χ2v) is 4.44. The van der Waals surface area contributed by atoms with E-state index in [1.54, 1.807) is 6.26 Å². The van der Waals surface area contributed by atoms with Crippen molar-refractivity contribution >= 4 is 0 Å². The van der Waals surface area contributed by atoms with Gasteiger partial charge in [0.05, 0.1) is 24.3 Å². The summed E-state index contributed by atoms with van der Waals surface area (Å²) >= 11 is 0. The highest BCUT2D eigenvalue weighted by Gasteiger charge is 2.26. The molecule has 0 saturated carbocycles. The molecule has 0 aromatic carbocycles. The van der Waals surface area contributed by atoms with Crippen LogP contribution in [0.3, 0.4) is 0 Å². The summed E-state index contributed by atoms with van der Waals surface area (Å²) < 4.78 is 5.45. The predicted molar refractivity (Wildman–Crippen MR) is 67.1 cm³/mol. The molecule has 1 heterocycles. The summed E-state index contributed by atoms with van der Waals surface area (Å²) in [6.07, 6.45) is 1.66. The minimum Gasteiger partial charge on any atom is -0.468 e. The number of nitrogens with zero attached hydrogens (tertiary/aromatic N) is 2. The Bertz CT molecular complexity index is 353. The standard InChI is InChI=1S/C13H21N3O/c1-4-16(9-10(2)8-14)13(11(3)15)12-6-5-7-17-12/h5-7,10-11,13H,4,9,15H2,1-3H3. The first-order valence-electron chi connectivity index (χ1n) is 6.02. The van der Waals surface area contributed by atoms with Crippen molar-refractivity contribution < 1.29 is 4.42 Å². The van der Waals surface area contributed by atoms with Crippen molar-refractivity contribution in [1.82, 2.24) is 4.90 Å². The van der Waals surface area contributed by atoms with Crippen LogP contribution in [0.5, 0.6) is 0 Å². The zero-order valence-corrected chi connectivity index (χ0v) is 10.8. The highest BCUT2D eigenvalue weighted by molar-refractivity contribution is 5.07. The van der Waals surface area contributed by atoms with Crippen molar-refractivity contribution in [2.45, 2.75) is 32.9 Å². The fraction of sp³-hybridized carbons (Fsp3) is 0.615. The van der Waals surface area contributed by atoms with Crippen molar-refractivity contribution in [1.29, 1.82) is 5.26 Å². The summed E-state index contributed by atoms with van der Waals surface area (Å²) in [5, 5.41) is 8.90. The molecule has 1 aromatic rings. The highest BCUT2D eigenvalue weighted by atomic mass is 16.3. The van der Waals surface area contributed by atoms with Crippen molar-refractivity contribution in [3.8, 4) is 6.07 Å². The van der Waals surface area contributed by atoms with Crippen LogP contribution in [0.4, 0.5) is 0 Å². The van der Waals surface area contributed by atoms with Crippen LogP contribution >= 0.6 is 0 Å². The second-order valence-electron chi connectivity index (χ2n) is 4.44. The molecule has 0 spiro atoms. The van der Waals surface area contributed by atoms with Crippen LogP contribution in [0.1, 0.15) is 32.6 Å². The molecule has 0 aliphatic carbocycles. The first-order chi connectivity index (χ1) is 8.10. The quantitative estimate of drug-likeness (QED) is 0.820. The molecule has 1 aromatic heterocycles. The number of hydrogen-bond donors (Lipinski definition) is 1. The summed E-state index contributed by atoms with van der Waals surface area (Å²) in [7, 11) is 0. The maximum Gasteiger partial charge on any atom is 0.122 e. The molecule has 0 aliphatic rings. The lowest BCUT2D eigenvalue weighted by Gasteiger charge is -2.32. The van der Waals surface area contributed by atoms with Crippen LogP contribution in [-0.2, 0) is 0 Å². The van der Waals surface area contributed by atoms with E-state index in [1.165, 1.54) is 0 Å². The normalized spacial score (nSPS) is 16.5. The lowest BCUT2D eigenvalue weighted by molar-refractivity contribution is 0.152. The van der Waals surface area contributed by atoms with E-state index < -0.39 is 0 Å². The largest absolute Gasteiger partial charge is 0.468 e. The lowest BCUT2D eigenvalue weighted by atomic mass is 10.0. The summed E-state index contributed by atoms with van der Waals surface area (Å²) in [5.74, 6) is 0.859. The SMILES string of the molecule is CCN(CC(C)C#N)C(c1ccco1)C(C)N. The second kappa shape index (κ2) is 6.43. The van der Waals surface area contributed by atoms with Crippen LogP contribution in [0.25, 0.3) is 0 Å². The molecule has 3 atom stereocenters. The summed E-state index contributed by atoms with van der Waals surface area (Å²) in [6.45, 7) is 7.51. The van der Waals surface area contributed by atoms with Crippen LogP contribution in [0.2, 0.25) is 0 Å². The van der Waals surface area contributed by atoms with Gasteiger partial charge in [-0.3, -0.25) is 4.90 Å². The molecular formula is C13H21N3O. The Balaban J connectivity index is 2.85. The number of nitriles is 1. The molecular weight excluding hydrogens is 214 g/mol. The number of nitrogens with two attached hydrogens (primary N) is 1. The van der Waals surface area contributed by atoms with Gasteiger partial charge in [0.2, 0.25) is 0 Å². The molecule has 1 rings (SSSR count). The van der Waals surface area contributed by atoms with E-state index in [-0.39, 0.29) is 18.0 Å². The van der Waals surface area contributed by atoms with Gasteiger partial charge >= 0.3 is 0 Å². The van der Waals surface area contributed by atoms with E-state index in [0.717, 1.165) is 12.3 Å². The Morgan fingerprint density at radius 3 is 2.65 bits per heavy atom. The Kier molecular flexibility index (Phi) is 5.20. The van der Waals surface area contributed by atoms with E-state index in [2.05, 4.69) is 17.9 Å². The fourth-order valence-corrected chi connectivity index (χ4v) is 2.06. The number of hydrogen-bond acceptors (Lipinski definition) is 4. The number of likely N-dealkylation sites (N-methyl/N-ethyl adjacent to an activating group) is 1. The van der Waals surface area contributed by atoms with Gasteiger partial charge in [0.15, 0.2) is 0 Å². The maximum absolute atomic E-state index is 8.90. The van der Waals surface area contributed by atoms with E-state index in [0.29, 0.717) is 6.54 Å². The average molecular weight is 235 g/mol. The van der Waals surface area contributed by atoms with Crippen LogP contribution in [0.15, 0.2) is 22.8 Å². The third-order valence-electron chi connectivity index (χ3n) is 2.86. The smallest absolute Gasteiger partial charge is 0.122 e. The number of furan rings is 1. The summed E-state index contributed by atoms with van der Waals surface area (Å²) in [5.41, 5.74) is 6.04. The molecule has 3 unspecified atom stereocenters. The Morgan fingerprint density at radius 1 is 1.53 bits per heavy atom. The minimum absolute atomic E-state index is 0.00818. The van der Waals surface area contributed by atoms with Crippen LogP contribution in [-0.4, -0.2) is 24.0 Å².